The highest BCUT2D eigenvalue weighted by atomic mass is 16.5. The molecule has 6 heteroatoms. The molecule has 1 aliphatic carbocycles. The van der Waals surface area contributed by atoms with Crippen LogP contribution >= 0.6 is 0 Å². The number of aliphatic carboxylic acids is 1. The standard InChI is InChI=1S/C14H26N2O4/c1-4-5-12(13(17)18)15-14(19)16(8-9-20-3)10(2)11-6-7-11/h10-12H,4-9H2,1-3H3,(H,15,19)(H,17,18)/t10?,12-/m1/s1. The molecule has 0 heterocycles. The highest BCUT2D eigenvalue weighted by Crippen LogP contribution is 2.35. The van der Waals surface area contributed by atoms with E-state index in [2.05, 4.69) is 5.32 Å². The highest BCUT2D eigenvalue weighted by molar-refractivity contribution is 5.82. The van der Waals surface area contributed by atoms with Gasteiger partial charge in [0.25, 0.3) is 0 Å². The molecule has 1 aliphatic rings. The third-order valence-electron chi connectivity index (χ3n) is 3.77. The van der Waals surface area contributed by atoms with E-state index in [1.165, 1.54) is 0 Å². The Hall–Kier alpha value is -1.30. The summed E-state index contributed by atoms with van der Waals surface area (Å²) >= 11 is 0. The summed E-state index contributed by atoms with van der Waals surface area (Å²) in [4.78, 5) is 25.1. The topological polar surface area (TPSA) is 78.9 Å². The number of carboxylic acids is 1. The normalized spacial score (nSPS) is 17.4. The Morgan fingerprint density at radius 3 is 2.55 bits per heavy atom. The molecule has 0 aromatic rings. The van der Waals surface area contributed by atoms with Gasteiger partial charge in [0, 0.05) is 19.7 Å². The first-order valence-electron chi connectivity index (χ1n) is 7.30. The van der Waals surface area contributed by atoms with Gasteiger partial charge in [-0.05, 0) is 32.1 Å². The molecule has 0 aliphatic heterocycles. The second kappa shape index (κ2) is 8.09. The molecule has 1 unspecified atom stereocenters. The fourth-order valence-corrected chi connectivity index (χ4v) is 2.29. The molecule has 0 aromatic heterocycles. The molecule has 0 radical (unpaired) electrons. The summed E-state index contributed by atoms with van der Waals surface area (Å²) in [5.74, 6) is -0.446. The number of hydrogen-bond acceptors (Lipinski definition) is 3. The smallest absolute Gasteiger partial charge is 0.326 e. The van der Waals surface area contributed by atoms with E-state index in [1.54, 1.807) is 12.0 Å². The van der Waals surface area contributed by atoms with Crippen molar-refractivity contribution in [3.8, 4) is 0 Å². The van der Waals surface area contributed by atoms with Crippen LogP contribution < -0.4 is 5.32 Å². The molecule has 6 nitrogen and oxygen atoms in total. The predicted octanol–water partition coefficient (Wildman–Crippen LogP) is 1.70. The minimum Gasteiger partial charge on any atom is -0.480 e. The van der Waals surface area contributed by atoms with Crippen molar-refractivity contribution in [2.75, 3.05) is 20.3 Å². The Bertz CT molecular complexity index is 331. The molecule has 1 fully saturated rings. The quantitative estimate of drug-likeness (QED) is 0.676. The van der Waals surface area contributed by atoms with E-state index in [1.807, 2.05) is 13.8 Å². The van der Waals surface area contributed by atoms with E-state index in [4.69, 9.17) is 9.84 Å². The fraction of sp³-hybridized carbons (Fsp3) is 0.857. The van der Waals surface area contributed by atoms with Gasteiger partial charge in [-0.15, -0.1) is 0 Å². The van der Waals surface area contributed by atoms with Crippen LogP contribution in [0.15, 0.2) is 0 Å². The Labute approximate surface area is 120 Å². The maximum Gasteiger partial charge on any atom is 0.326 e. The Balaban J connectivity index is 2.62. The summed E-state index contributed by atoms with van der Waals surface area (Å²) in [6.07, 6.45) is 3.43. The molecule has 0 aromatic carbocycles. The molecule has 2 atom stereocenters. The fourth-order valence-electron chi connectivity index (χ4n) is 2.29. The highest BCUT2D eigenvalue weighted by Gasteiger charge is 2.35. The van der Waals surface area contributed by atoms with Gasteiger partial charge in [0.05, 0.1) is 6.61 Å². The zero-order valence-electron chi connectivity index (χ0n) is 12.6. The van der Waals surface area contributed by atoms with Gasteiger partial charge in [0.2, 0.25) is 0 Å². The number of nitrogens with one attached hydrogen (secondary N) is 1. The van der Waals surface area contributed by atoms with Gasteiger partial charge in [-0.1, -0.05) is 13.3 Å². The summed E-state index contributed by atoms with van der Waals surface area (Å²) < 4.78 is 5.03. The predicted molar refractivity (Wildman–Crippen MR) is 75.6 cm³/mol. The molecule has 2 amide bonds. The summed E-state index contributed by atoms with van der Waals surface area (Å²) in [6, 6.07) is -0.993. The SMILES string of the molecule is CCC[C@@H](NC(=O)N(CCOC)C(C)C1CC1)C(=O)O. The molecule has 2 N–H and O–H groups in total. The van der Waals surface area contributed by atoms with Gasteiger partial charge < -0.3 is 20.1 Å². The molecule has 0 saturated heterocycles. The van der Waals surface area contributed by atoms with Gasteiger partial charge in [-0.3, -0.25) is 0 Å². The summed E-state index contributed by atoms with van der Waals surface area (Å²) in [5, 5.41) is 11.7. The minimum atomic E-state index is -0.981. The number of methoxy groups -OCH3 is 1. The van der Waals surface area contributed by atoms with Crippen molar-refractivity contribution in [3.05, 3.63) is 0 Å². The molecule has 0 spiro atoms. The van der Waals surface area contributed by atoms with Crippen molar-refractivity contribution >= 4 is 12.0 Å². The van der Waals surface area contributed by atoms with Crippen LogP contribution in [-0.2, 0) is 9.53 Å². The van der Waals surface area contributed by atoms with Gasteiger partial charge >= 0.3 is 12.0 Å². The minimum absolute atomic E-state index is 0.126. The summed E-state index contributed by atoms with van der Waals surface area (Å²) in [7, 11) is 1.59. The number of rotatable bonds is 9. The van der Waals surface area contributed by atoms with Crippen molar-refractivity contribution in [2.45, 2.75) is 51.6 Å². The Kier molecular flexibility index (Phi) is 6.78. The molecular formula is C14H26N2O4. The monoisotopic (exact) mass is 286 g/mol. The largest absolute Gasteiger partial charge is 0.480 e. The zero-order valence-corrected chi connectivity index (χ0v) is 12.6. The lowest BCUT2D eigenvalue weighted by molar-refractivity contribution is -0.139. The Morgan fingerprint density at radius 2 is 2.10 bits per heavy atom. The van der Waals surface area contributed by atoms with Crippen molar-refractivity contribution < 1.29 is 19.4 Å². The van der Waals surface area contributed by atoms with E-state index < -0.39 is 12.0 Å². The van der Waals surface area contributed by atoms with Crippen molar-refractivity contribution in [1.29, 1.82) is 0 Å². The van der Waals surface area contributed by atoms with Gasteiger partial charge in [-0.2, -0.15) is 0 Å². The van der Waals surface area contributed by atoms with Crippen LogP contribution in [-0.4, -0.2) is 54.4 Å². The number of ether oxygens (including phenoxy) is 1. The number of amides is 2. The summed E-state index contributed by atoms with van der Waals surface area (Å²) in [5.41, 5.74) is 0. The number of carbonyl (C=O) groups excluding carboxylic acids is 1. The average Bonchev–Trinajstić information content (AvgIpc) is 3.22. The van der Waals surface area contributed by atoms with E-state index in [0.717, 1.165) is 12.8 Å². The van der Waals surface area contributed by atoms with E-state index >= 15 is 0 Å². The average molecular weight is 286 g/mol. The lowest BCUT2D eigenvalue weighted by Crippen LogP contribution is -2.52. The molecule has 1 saturated carbocycles. The molecule has 0 bridgehead atoms. The zero-order chi connectivity index (χ0) is 15.1. The number of carboxylic acid groups (broad SMARTS) is 1. The molecule has 116 valence electrons. The van der Waals surface area contributed by atoms with Crippen LogP contribution in [0.2, 0.25) is 0 Å². The lowest BCUT2D eigenvalue weighted by atomic mass is 10.1. The van der Waals surface area contributed by atoms with E-state index in [9.17, 15) is 9.59 Å². The lowest BCUT2D eigenvalue weighted by Gasteiger charge is -2.30. The molecular weight excluding hydrogens is 260 g/mol. The van der Waals surface area contributed by atoms with Crippen LogP contribution in [0.3, 0.4) is 0 Å². The van der Waals surface area contributed by atoms with E-state index in [0.29, 0.717) is 31.9 Å². The van der Waals surface area contributed by atoms with Crippen LogP contribution in [0, 0.1) is 5.92 Å². The van der Waals surface area contributed by atoms with Crippen LogP contribution in [0.4, 0.5) is 4.79 Å². The first kappa shape index (κ1) is 16.8. The number of urea groups is 1. The molecule has 1 rings (SSSR count). The number of carbonyl (C=O) groups is 2. The second-order valence-electron chi connectivity index (χ2n) is 5.39. The maximum absolute atomic E-state index is 12.3. The molecule has 20 heavy (non-hydrogen) atoms. The third kappa shape index (κ3) is 5.00. The van der Waals surface area contributed by atoms with Crippen LogP contribution in [0.1, 0.15) is 39.5 Å². The van der Waals surface area contributed by atoms with Gasteiger partial charge in [0.1, 0.15) is 6.04 Å². The van der Waals surface area contributed by atoms with Crippen molar-refractivity contribution in [2.24, 2.45) is 5.92 Å². The number of nitrogens with zero attached hydrogens (tertiary/aromatic N) is 1. The van der Waals surface area contributed by atoms with Gasteiger partial charge in [0.15, 0.2) is 0 Å². The number of hydrogen-bond donors (Lipinski definition) is 2. The van der Waals surface area contributed by atoms with Crippen LogP contribution in [0.25, 0.3) is 0 Å². The van der Waals surface area contributed by atoms with Crippen molar-refractivity contribution in [1.82, 2.24) is 10.2 Å². The second-order valence-corrected chi connectivity index (χ2v) is 5.39. The van der Waals surface area contributed by atoms with Crippen LogP contribution in [0.5, 0.6) is 0 Å². The third-order valence-corrected chi connectivity index (χ3v) is 3.77. The first-order valence-corrected chi connectivity index (χ1v) is 7.30. The maximum atomic E-state index is 12.3. The van der Waals surface area contributed by atoms with Crippen molar-refractivity contribution in [3.63, 3.8) is 0 Å². The Morgan fingerprint density at radius 1 is 1.45 bits per heavy atom. The first-order chi connectivity index (χ1) is 9.51. The summed E-state index contributed by atoms with van der Waals surface area (Å²) in [6.45, 7) is 4.86. The van der Waals surface area contributed by atoms with E-state index in [-0.39, 0.29) is 12.1 Å². The van der Waals surface area contributed by atoms with Gasteiger partial charge in [-0.25, -0.2) is 9.59 Å².